The summed E-state index contributed by atoms with van der Waals surface area (Å²) in [4.78, 5) is 33.9. The zero-order valence-corrected chi connectivity index (χ0v) is 18.8. The van der Waals surface area contributed by atoms with E-state index in [-0.39, 0.29) is 30.2 Å². The van der Waals surface area contributed by atoms with E-state index in [9.17, 15) is 9.59 Å². The van der Waals surface area contributed by atoms with Crippen molar-refractivity contribution < 1.29 is 14.3 Å². The summed E-state index contributed by atoms with van der Waals surface area (Å²) >= 11 is 0. The molecule has 0 bridgehead atoms. The topological polar surface area (TPSA) is 105 Å². The molecule has 2 aliphatic rings. The Morgan fingerprint density at radius 2 is 2.03 bits per heavy atom. The van der Waals surface area contributed by atoms with Gasteiger partial charge < -0.3 is 19.9 Å². The molecule has 10 heteroatoms. The fourth-order valence-electron chi connectivity index (χ4n) is 4.62. The molecule has 1 N–H and O–H groups in total. The highest BCUT2D eigenvalue weighted by Crippen LogP contribution is 2.28. The summed E-state index contributed by atoms with van der Waals surface area (Å²) in [6, 6.07) is 7.44. The van der Waals surface area contributed by atoms with Gasteiger partial charge in [0.15, 0.2) is 5.82 Å². The second kappa shape index (κ2) is 8.68. The predicted molar refractivity (Wildman–Crippen MR) is 122 cm³/mol. The first-order chi connectivity index (χ1) is 16.0. The lowest BCUT2D eigenvalue weighted by Gasteiger charge is -2.33. The van der Waals surface area contributed by atoms with E-state index in [0.29, 0.717) is 12.3 Å². The lowest BCUT2D eigenvalue weighted by molar-refractivity contribution is -0.127. The van der Waals surface area contributed by atoms with Crippen LogP contribution < -0.4 is 19.9 Å². The monoisotopic (exact) mass is 449 g/mol. The van der Waals surface area contributed by atoms with Gasteiger partial charge in [-0.05, 0) is 31.9 Å². The van der Waals surface area contributed by atoms with Crippen LogP contribution in [-0.2, 0) is 9.59 Å². The Hall–Kier alpha value is -3.69. The number of fused-ring (bicyclic) bond motifs is 1. The summed E-state index contributed by atoms with van der Waals surface area (Å²) < 4.78 is 7.19. The molecule has 2 aliphatic heterocycles. The number of anilines is 2. The Bertz CT molecular complexity index is 1190. The second-order valence-electron chi connectivity index (χ2n) is 8.57. The van der Waals surface area contributed by atoms with Crippen LogP contribution in [0.5, 0.6) is 5.75 Å². The van der Waals surface area contributed by atoms with Crippen molar-refractivity contribution in [2.24, 2.45) is 5.92 Å². The van der Waals surface area contributed by atoms with Crippen LogP contribution in [0.3, 0.4) is 0 Å². The Morgan fingerprint density at radius 1 is 1.21 bits per heavy atom. The average molecular weight is 450 g/mol. The lowest BCUT2D eigenvalue weighted by Crippen LogP contribution is -2.47. The molecule has 3 aromatic rings. The number of hydrogen-bond acceptors (Lipinski definition) is 7. The first kappa shape index (κ1) is 21.2. The highest BCUT2D eigenvalue weighted by Gasteiger charge is 2.36. The van der Waals surface area contributed by atoms with Gasteiger partial charge in [0.25, 0.3) is 0 Å². The number of ether oxygens (including phenoxy) is 1. The Balaban J connectivity index is 1.18. The number of rotatable bonds is 5. The summed E-state index contributed by atoms with van der Waals surface area (Å²) in [7, 11) is 1.59. The maximum absolute atomic E-state index is 12.9. The van der Waals surface area contributed by atoms with E-state index in [1.807, 2.05) is 41.8 Å². The van der Waals surface area contributed by atoms with Gasteiger partial charge in [0.1, 0.15) is 11.6 Å². The van der Waals surface area contributed by atoms with E-state index in [2.05, 4.69) is 25.4 Å². The van der Waals surface area contributed by atoms with E-state index in [1.54, 1.807) is 18.2 Å². The summed E-state index contributed by atoms with van der Waals surface area (Å²) in [5, 5.41) is 11.6. The number of carbonyl (C=O) groups excluding carboxylic acids is 2. The molecule has 0 radical (unpaired) electrons. The molecule has 0 unspecified atom stereocenters. The fraction of sp³-hybridized carbons (Fsp3) is 0.435. The van der Waals surface area contributed by atoms with Crippen LogP contribution in [0.25, 0.3) is 5.65 Å². The third-order valence-corrected chi connectivity index (χ3v) is 6.48. The summed E-state index contributed by atoms with van der Waals surface area (Å²) in [5.74, 6) is 1.88. The molecule has 1 atom stereocenters. The van der Waals surface area contributed by atoms with E-state index in [1.165, 1.54) is 0 Å². The maximum Gasteiger partial charge on any atom is 0.227 e. The highest BCUT2D eigenvalue weighted by molar-refractivity contribution is 6.00. The number of hydrogen-bond donors (Lipinski definition) is 1. The number of aryl methyl sites for hydroxylation is 1. The lowest BCUT2D eigenvalue weighted by atomic mass is 10.0. The number of amides is 2. The minimum absolute atomic E-state index is 0.0407. The van der Waals surface area contributed by atoms with E-state index in [0.717, 1.165) is 48.9 Å². The first-order valence-corrected chi connectivity index (χ1v) is 11.2. The normalized spacial score (nSPS) is 19.3. The Labute approximate surface area is 191 Å². The van der Waals surface area contributed by atoms with E-state index in [4.69, 9.17) is 4.74 Å². The van der Waals surface area contributed by atoms with Crippen molar-refractivity contribution in [3.63, 3.8) is 0 Å². The molecule has 2 aromatic heterocycles. The van der Waals surface area contributed by atoms with Crippen molar-refractivity contribution in [2.45, 2.75) is 32.2 Å². The van der Waals surface area contributed by atoms with Gasteiger partial charge in [-0.25, -0.2) is 4.98 Å². The number of carbonyl (C=O) groups is 2. The molecule has 0 spiro atoms. The van der Waals surface area contributed by atoms with Gasteiger partial charge in [-0.2, -0.15) is 0 Å². The van der Waals surface area contributed by atoms with Crippen molar-refractivity contribution in [1.82, 2.24) is 24.9 Å². The number of methoxy groups -OCH3 is 1. The van der Waals surface area contributed by atoms with Gasteiger partial charge >= 0.3 is 0 Å². The minimum atomic E-state index is -0.351. The molecule has 33 heavy (non-hydrogen) atoms. The first-order valence-electron chi connectivity index (χ1n) is 11.2. The maximum atomic E-state index is 12.9. The average Bonchev–Trinajstić information content (AvgIpc) is 3.42. The number of aromatic nitrogens is 4. The zero-order valence-electron chi connectivity index (χ0n) is 18.8. The van der Waals surface area contributed by atoms with Crippen LogP contribution in [-0.4, -0.2) is 64.2 Å². The largest absolute Gasteiger partial charge is 0.497 e. The molecule has 5 rings (SSSR count). The van der Waals surface area contributed by atoms with Crippen molar-refractivity contribution in [3.8, 4) is 5.75 Å². The van der Waals surface area contributed by atoms with Crippen molar-refractivity contribution >= 4 is 29.0 Å². The van der Waals surface area contributed by atoms with E-state index < -0.39 is 0 Å². The van der Waals surface area contributed by atoms with Crippen LogP contribution >= 0.6 is 0 Å². The summed E-state index contributed by atoms with van der Waals surface area (Å²) in [6.45, 7) is 3.83. The van der Waals surface area contributed by atoms with Gasteiger partial charge in [0.05, 0.1) is 13.0 Å². The third-order valence-electron chi connectivity index (χ3n) is 6.48. The number of piperidine rings is 1. The number of benzene rings is 1. The molecular weight excluding hydrogens is 422 g/mol. The Kier molecular flexibility index (Phi) is 5.57. The number of nitrogens with one attached hydrogen (secondary N) is 1. The molecule has 0 saturated carbocycles. The van der Waals surface area contributed by atoms with Gasteiger partial charge in [-0.1, -0.05) is 6.07 Å². The molecule has 10 nitrogen and oxygen atoms in total. The molecule has 2 amide bonds. The van der Waals surface area contributed by atoms with Crippen LogP contribution in [0.15, 0.2) is 36.7 Å². The summed E-state index contributed by atoms with van der Waals surface area (Å²) in [6.07, 6.45) is 5.46. The van der Waals surface area contributed by atoms with Gasteiger partial charge in [-0.15, -0.1) is 10.2 Å². The van der Waals surface area contributed by atoms with Crippen molar-refractivity contribution in [1.29, 1.82) is 0 Å². The molecule has 172 valence electrons. The SMILES string of the molecule is COc1cccc(N2C[C@@H](C(=O)NC3CCN(c4nccn5c(C)nnc45)CC3)CC2=O)c1. The summed E-state index contributed by atoms with van der Waals surface area (Å²) in [5.41, 5.74) is 1.51. The standard InChI is InChI=1S/C23H27N7O3/c1-15-26-27-22-21(24-8-11-29(15)22)28-9-6-17(7-10-28)25-23(32)16-12-20(31)30(14-16)18-4-3-5-19(13-18)33-2/h3-5,8,11,13,16-17H,6-7,9-10,12,14H2,1-2H3,(H,25,32)/t16-/m0/s1. The van der Waals surface area contributed by atoms with Gasteiger partial charge in [-0.3, -0.25) is 14.0 Å². The Morgan fingerprint density at radius 3 is 2.82 bits per heavy atom. The molecule has 0 aliphatic carbocycles. The van der Waals surface area contributed by atoms with Crippen LogP contribution in [0.4, 0.5) is 11.5 Å². The minimum Gasteiger partial charge on any atom is -0.497 e. The molecule has 2 fully saturated rings. The predicted octanol–water partition coefficient (Wildman–Crippen LogP) is 1.58. The van der Waals surface area contributed by atoms with Crippen LogP contribution in [0.1, 0.15) is 25.1 Å². The van der Waals surface area contributed by atoms with Crippen LogP contribution in [0, 0.1) is 12.8 Å². The van der Waals surface area contributed by atoms with Crippen molar-refractivity contribution in [2.75, 3.05) is 36.5 Å². The van der Waals surface area contributed by atoms with Gasteiger partial charge in [0.2, 0.25) is 17.5 Å². The van der Waals surface area contributed by atoms with Gasteiger partial charge in [0, 0.05) is 56.2 Å². The fourth-order valence-corrected chi connectivity index (χ4v) is 4.62. The molecule has 4 heterocycles. The third kappa shape index (κ3) is 4.08. The van der Waals surface area contributed by atoms with Crippen LogP contribution in [0.2, 0.25) is 0 Å². The second-order valence-corrected chi connectivity index (χ2v) is 8.57. The highest BCUT2D eigenvalue weighted by atomic mass is 16.5. The molecule has 2 saturated heterocycles. The van der Waals surface area contributed by atoms with Crippen molar-refractivity contribution in [3.05, 3.63) is 42.5 Å². The zero-order chi connectivity index (χ0) is 22.9. The molecule has 1 aromatic carbocycles. The number of nitrogens with zero attached hydrogens (tertiary/aromatic N) is 6. The smallest absolute Gasteiger partial charge is 0.227 e. The molecular formula is C23H27N7O3. The van der Waals surface area contributed by atoms with E-state index >= 15 is 0 Å². The quantitative estimate of drug-likeness (QED) is 0.631.